The van der Waals surface area contributed by atoms with E-state index >= 15 is 0 Å². The van der Waals surface area contributed by atoms with Crippen LogP contribution in [0.25, 0.3) is 0 Å². The van der Waals surface area contributed by atoms with Crippen LogP contribution in [0.4, 0.5) is 0 Å². The highest BCUT2D eigenvalue weighted by Crippen LogP contribution is 1.96. The van der Waals surface area contributed by atoms with E-state index in [-0.39, 0.29) is 13.2 Å². The zero-order chi connectivity index (χ0) is 11.7. The van der Waals surface area contributed by atoms with Crippen molar-refractivity contribution in [1.29, 1.82) is 0 Å². The van der Waals surface area contributed by atoms with E-state index in [1.165, 1.54) is 0 Å². The minimum absolute atomic E-state index is 0.162. The Morgan fingerprint density at radius 3 is 2.33 bits per heavy atom. The first-order chi connectivity index (χ1) is 7.06. The van der Waals surface area contributed by atoms with Gasteiger partial charge in [0.05, 0.1) is 6.61 Å². The normalized spacial score (nSPS) is 11.8. The molecule has 0 heterocycles. The largest absolute Gasteiger partial charge is 0.379 e. The molecule has 0 aliphatic carbocycles. The standard InChI is InChI=1S/C6H11N2O7/c1-2-3-13-4-6(15-8(11)12)5-14-7(9)10/h6H,1-5H2/t6-/m0/s1. The van der Waals surface area contributed by atoms with Gasteiger partial charge in [0, 0.05) is 6.61 Å². The summed E-state index contributed by atoms with van der Waals surface area (Å²) in [6, 6.07) is 0. The Bertz CT molecular complexity index is 210. The first-order valence-electron chi connectivity index (χ1n) is 4.01. The van der Waals surface area contributed by atoms with E-state index in [0.29, 0.717) is 6.42 Å². The summed E-state index contributed by atoms with van der Waals surface area (Å²) >= 11 is 0. The molecule has 1 atom stereocenters. The second-order valence-electron chi connectivity index (χ2n) is 2.40. The summed E-state index contributed by atoms with van der Waals surface area (Å²) in [6.45, 7) is 3.05. The average molecular weight is 223 g/mol. The van der Waals surface area contributed by atoms with Crippen molar-refractivity contribution in [2.24, 2.45) is 0 Å². The van der Waals surface area contributed by atoms with E-state index < -0.39 is 22.9 Å². The summed E-state index contributed by atoms with van der Waals surface area (Å²) in [4.78, 5) is 27.8. The molecule has 0 saturated heterocycles. The maximum absolute atomic E-state index is 9.98. The molecule has 0 spiro atoms. The average Bonchev–Trinajstić information content (AvgIpc) is 2.13. The Morgan fingerprint density at radius 2 is 1.87 bits per heavy atom. The van der Waals surface area contributed by atoms with Crippen LogP contribution in [0.15, 0.2) is 0 Å². The molecule has 0 unspecified atom stereocenters. The molecular weight excluding hydrogens is 212 g/mol. The highest BCUT2D eigenvalue weighted by molar-refractivity contribution is 4.51. The Balaban J connectivity index is 3.83. The van der Waals surface area contributed by atoms with Gasteiger partial charge >= 0.3 is 0 Å². The van der Waals surface area contributed by atoms with E-state index in [9.17, 15) is 20.2 Å². The van der Waals surface area contributed by atoms with E-state index in [0.717, 1.165) is 0 Å². The molecule has 0 fully saturated rings. The molecule has 0 rings (SSSR count). The van der Waals surface area contributed by atoms with E-state index in [4.69, 9.17) is 4.74 Å². The Kier molecular flexibility index (Phi) is 6.89. The number of rotatable bonds is 9. The van der Waals surface area contributed by atoms with Crippen molar-refractivity contribution < 1.29 is 24.6 Å². The minimum Gasteiger partial charge on any atom is -0.379 e. The van der Waals surface area contributed by atoms with Gasteiger partial charge < -0.3 is 14.4 Å². The van der Waals surface area contributed by atoms with Crippen LogP contribution in [0.1, 0.15) is 6.42 Å². The molecule has 0 saturated carbocycles. The summed E-state index contributed by atoms with van der Waals surface area (Å²) in [6.07, 6.45) is -0.627. The molecule has 1 radical (unpaired) electrons. The zero-order valence-electron chi connectivity index (χ0n) is 7.87. The van der Waals surface area contributed by atoms with Crippen molar-refractivity contribution in [3.8, 4) is 0 Å². The van der Waals surface area contributed by atoms with Crippen molar-refractivity contribution in [3.63, 3.8) is 0 Å². The lowest BCUT2D eigenvalue weighted by molar-refractivity contribution is -0.790. The van der Waals surface area contributed by atoms with Gasteiger partial charge in [-0.25, -0.2) is 0 Å². The Hall–Kier alpha value is -1.64. The molecule has 0 aromatic carbocycles. The van der Waals surface area contributed by atoms with Crippen LogP contribution in [-0.2, 0) is 14.4 Å². The van der Waals surface area contributed by atoms with Crippen LogP contribution in [0.2, 0.25) is 0 Å². The summed E-state index contributed by atoms with van der Waals surface area (Å²) in [5.74, 6) is 0. The molecule has 0 aliphatic heterocycles. The van der Waals surface area contributed by atoms with Gasteiger partial charge in [-0.3, -0.25) is 0 Å². The second kappa shape index (κ2) is 7.74. The van der Waals surface area contributed by atoms with Crippen LogP contribution >= 0.6 is 0 Å². The highest BCUT2D eigenvalue weighted by Gasteiger charge is 2.15. The molecule has 87 valence electrons. The fourth-order valence-electron chi connectivity index (χ4n) is 0.692. The number of ether oxygens (including phenoxy) is 1. The zero-order valence-corrected chi connectivity index (χ0v) is 7.87. The third kappa shape index (κ3) is 8.68. The molecule has 0 amide bonds. The van der Waals surface area contributed by atoms with Gasteiger partial charge in [0.25, 0.3) is 10.2 Å². The van der Waals surface area contributed by atoms with Crippen LogP contribution in [0, 0.1) is 27.2 Å². The van der Waals surface area contributed by atoms with Crippen molar-refractivity contribution in [2.45, 2.75) is 12.5 Å². The van der Waals surface area contributed by atoms with Gasteiger partial charge in [-0.15, -0.1) is 20.2 Å². The van der Waals surface area contributed by atoms with Gasteiger partial charge in [0.1, 0.15) is 6.61 Å². The van der Waals surface area contributed by atoms with Gasteiger partial charge in [-0.2, -0.15) is 0 Å². The van der Waals surface area contributed by atoms with E-state index in [2.05, 4.69) is 16.6 Å². The third-order valence-corrected chi connectivity index (χ3v) is 1.19. The molecule has 0 aromatic heterocycles. The van der Waals surface area contributed by atoms with Crippen molar-refractivity contribution in [1.82, 2.24) is 0 Å². The van der Waals surface area contributed by atoms with E-state index in [1.54, 1.807) is 0 Å². The van der Waals surface area contributed by atoms with Crippen molar-refractivity contribution >= 4 is 0 Å². The molecular formula is C6H11N2O7. The quantitative estimate of drug-likeness (QED) is 0.307. The molecule has 0 aliphatic rings. The molecule has 0 aromatic rings. The van der Waals surface area contributed by atoms with Crippen LogP contribution in [0.5, 0.6) is 0 Å². The summed E-state index contributed by atoms with van der Waals surface area (Å²) in [5, 5.41) is 17.7. The lowest BCUT2D eigenvalue weighted by Crippen LogP contribution is -2.29. The van der Waals surface area contributed by atoms with Gasteiger partial charge in [-0.1, -0.05) is 6.92 Å². The lowest BCUT2D eigenvalue weighted by Gasteiger charge is -2.13. The highest BCUT2D eigenvalue weighted by atomic mass is 17.0. The SMILES string of the molecule is [CH2]CCOC[C@@H](CO[N+](=O)[O-])O[N+](=O)[O-]. The number of hydrogen-bond donors (Lipinski definition) is 0. The third-order valence-electron chi connectivity index (χ3n) is 1.19. The van der Waals surface area contributed by atoms with Crippen molar-refractivity contribution in [2.75, 3.05) is 19.8 Å². The molecule has 15 heavy (non-hydrogen) atoms. The lowest BCUT2D eigenvalue weighted by atomic mass is 10.4. The number of hydrogen-bond acceptors (Lipinski definition) is 7. The number of nitrogens with zero attached hydrogens (tertiary/aromatic N) is 2. The molecule has 9 heteroatoms. The maximum Gasteiger partial charge on any atom is 0.294 e. The van der Waals surface area contributed by atoms with Crippen LogP contribution < -0.4 is 0 Å². The predicted octanol–water partition coefficient (Wildman–Crippen LogP) is 0.0124. The van der Waals surface area contributed by atoms with Gasteiger partial charge in [0.15, 0.2) is 6.10 Å². The summed E-state index contributed by atoms with van der Waals surface area (Å²) in [7, 11) is 0. The van der Waals surface area contributed by atoms with Crippen molar-refractivity contribution in [3.05, 3.63) is 27.2 Å². The fraction of sp³-hybridized carbons (Fsp3) is 0.833. The van der Waals surface area contributed by atoms with Crippen LogP contribution in [-0.4, -0.2) is 36.1 Å². The monoisotopic (exact) mass is 223 g/mol. The summed E-state index contributed by atoms with van der Waals surface area (Å²) in [5.41, 5.74) is 0. The fourth-order valence-corrected chi connectivity index (χ4v) is 0.692. The summed E-state index contributed by atoms with van der Waals surface area (Å²) < 4.78 is 4.88. The molecule has 0 N–H and O–H groups in total. The second-order valence-corrected chi connectivity index (χ2v) is 2.40. The van der Waals surface area contributed by atoms with Gasteiger partial charge in [0.2, 0.25) is 0 Å². The first-order valence-corrected chi connectivity index (χ1v) is 4.01. The maximum atomic E-state index is 9.98. The van der Waals surface area contributed by atoms with Gasteiger partial charge in [-0.05, 0) is 6.42 Å². The van der Waals surface area contributed by atoms with E-state index in [1.807, 2.05) is 0 Å². The first kappa shape index (κ1) is 13.4. The Labute approximate surface area is 85.1 Å². The smallest absolute Gasteiger partial charge is 0.294 e. The predicted molar refractivity (Wildman–Crippen MR) is 45.6 cm³/mol. The molecule has 9 nitrogen and oxygen atoms in total. The van der Waals surface area contributed by atoms with Crippen LogP contribution in [0.3, 0.4) is 0 Å². The topological polar surface area (TPSA) is 114 Å². The Morgan fingerprint density at radius 1 is 1.20 bits per heavy atom. The minimum atomic E-state index is -1.11. The molecule has 0 bridgehead atoms.